The van der Waals surface area contributed by atoms with Crippen molar-refractivity contribution >= 4 is 33.2 Å². The third-order valence-electron chi connectivity index (χ3n) is 5.06. The van der Waals surface area contributed by atoms with Crippen LogP contribution in [0, 0.1) is 0 Å². The summed E-state index contributed by atoms with van der Waals surface area (Å²) in [6, 6.07) is 13.3. The van der Waals surface area contributed by atoms with E-state index in [1.807, 2.05) is 20.8 Å². The highest BCUT2D eigenvalue weighted by molar-refractivity contribution is 7.92. The van der Waals surface area contributed by atoms with Crippen molar-refractivity contribution in [3.8, 4) is 5.75 Å². The Labute approximate surface area is 190 Å². The molecular weight excluding hydrogens is 430 g/mol. The summed E-state index contributed by atoms with van der Waals surface area (Å²) in [6.07, 6.45) is 1.53. The van der Waals surface area contributed by atoms with Crippen LogP contribution >= 0.6 is 0 Å². The lowest BCUT2D eigenvalue weighted by Gasteiger charge is -2.20. The minimum atomic E-state index is -3.37. The Morgan fingerprint density at radius 2 is 1.66 bits per heavy atom. The third kappa shape index (κ3) is 6.71. The van der Waals surface area contributed by atoms with Crippen molar-refractivity contribution in [2.45, 2.75) is 45.8 Å². The molecule has 0 radical (unpaired) electrons. The van der Waals surface area contributed by atoms with Crippen molar-refractivity contribution in [1.29, 1.82) is 0 Å². The van der Waals surface area contributed by atoms with Gasteiger partial charge in [-0.1, -0.05) is 26.0 Å². The standard InChI is InChI=1S/C23H31N3O5S/c1-6-16(3)24-22(27)19-10-8-9-11-20(19)25-23(28)21(7-2)31-18-14-12-17(13-15-18)26(4)32(5,29)30/h8-16,21H,6-7H2,1-5H3,(H,24,27)(H,25,28)/t16-,21+/m0/s1. The van der Waals surface area contributed by atoms with Gasteiger partial charge in [0, 0.05) is 13.1 Å². The average Bonchev–Trinajstić information content (AvgIpc) is 2.76. The molecule has 0 heterocycles. The van der Waals surface area contributed by atoms with E-state index in [0.29, 0.717) is 29.1 Å². The number of hydrogen-bond donors (Lipinski definition) is 2. The van der Waals surface area contributed by atoms with Crippen LogP contribution in [0.25, 0.3) is 0 Å². The topological polar surface area (TPSA) is 105 Å². The van der Waals surface area contributed by atoms with Gasteiger partial charge in [0.15, 0.2) is 6.10 Å². The van der Waals surface area contributed by atoms with Gasteiger partial charge in [-0.25, -0.2) is 8.42 Å². The highest BCUT2D eigenvalue weighted by Crippen LogP contribution is 2.22. The van der Waals surface area contributed by atoms with Crippen LogP contribution in [0.3, 0.4) is 0 Å². The molecule has 0 aromatic heterocycles. The summed E-state index contributed by atoms with van der Waals surface area (Å²) in [4.78, 5) is 25.4. The summed E-state index contributed by atoms with van der Waals surface area (Å²) in [5.74, 6) is -0.205. The van der Waals surface area contributed by atoms with Gasteiger partial charge in [0.25, 0.3) is 11.8 Å². The van der Waals surface area contributed by atoms with E-state index < -0.39 is 16.1 Å². The lowest BCUT2D eigenvalue weighted by molar-refractivity contribution is -0.122. The first-order valence-electron chi connectivity index (χ1n) is 10.5. The first kappa shape index (κ1) is 25.2. The fourth-order valence-corrected chi connectivity index (χ4v) is 3.32. The number of para-hydroxylation sites is 1. The summed E-state index contributed by atoms with van der Waals surface area (Å²) in [7, 11) is -1.91. The number of nitrogens with one attached hydrogen (secondary N) is 2. The maximum atomic E-state index is 12.9. The van der Waals surface area contributed by atoms with Gasteiger partial charge >= 0.3 is 0 Å². The largest absolute Gasteiger partial charge is 0.481 e. The molecule has 2 amide bonds. The SMILES string of the molecule is CC[C@H](C)NC(=O)c1ccccc1NC(=O)[C@@H](CC)Oc1ccc(N(C)S(C)(=O)=O)cc1. The number of rotatable bonds is 10. The molecule has 0 fully saturated rings. The molecule has 0 spiro atoms. The molecular formula is C23H31N3O5S. The number of ether oxygens (including phenoxy) is 1. The van der Waals surface area contributed by atoms with Crippen LogP contribution < -0.4 is 19.7 Å². The summed E-state index contributed by atoms with van der Waals surface area (Å²) < 4.78 is 30.3. The maximum Gasteiger partial charge on any atom is 0.265 e. The Morgan fingerprint density at radius 1 is 1.03 bits per heavy atom. The molecule has 0 saturated carbocycles. The van der Waals surface area contributed by atoms with Crippen molar-refractivity contribution in [3.05, 3.63) is 54.1 Å². The molecule has 0 aliphatic carbocycles. The molecule has 2 aromatic rings. The van der Waals surface area contributed by atoms with Crippen LogP contribution in [-0.4, -0.2) is 45.7 Å². The van der Waals surface area contributed by atoms with Gasteiger partial charge in [0.05, 0.1) is 23.2 Å². The van der Waals surface area contributed by atoms with Gasteiger partial charge in [-0.2, -0.15) is 0 Å². The second-order valence-electron chi connectivity index (χ2n) is 7.56. The number of carbonyl (C=O) groups excluding carboxylic acids is 2. The fourth-order valence-electron chi connectivity index (χ4n) is 2.82. The minimum absolute atomic E-state index is 0.0164. The Balaban J connectivity index is 2.12. The second kappa shape index (κ2) is 11.0. The Bertz CT molecular complexity index is 1040. The molecule has 8 nitrogen and oxygen atoms in total. The molecule has 2 aromatic carbocycles. The van der Waals surface area contributed by atoms with Crippen LogP contribution in [0.1, 0.15) is 44.0 Å². The highest BCUT2D eigenvalue weighted by atomic mass is 32.2. The van der Waals surface area contributed by atoms with E-state index in [2.05, 4.69) is 10.6 Å². The maximum absolute atomic E-state index is 12.9. The first-order valence-corrected chi connectivity index (χ1v) is 12.3. The Hall–Kier alpha value is -3.07. The van der Waals surface area contributed by atoms with Crippen molar-refractivity contribution in [3.63, 3.8) is 0 Å². The number of amides is 2. The smallest absolute Gasteiger partial charge is 0.265 e. The van der Waals surface area contributed by atoms with E-state index in [1.165, 1.54) is 7.05 Å². The van der Waals surface area contributed by atoms with Crippen LogP contribution in [0.4, 0.5) is 11.4 Å². The van der Waals surface area contributed by atoms with E-state index in [9.17, 15) is 18.0 Å². The van der Waals surface area contributed by atoms with Crippen LogP contribution in [0.15, 0.2) is 48.5 Å². The molecule has 0 aliphatic rings. The summed E-state index contributed by atoms with van der Waals surface area (Å²) in [6.45, 7) is 5.71. The van der Waals surface area contributed by atoms with E-state index in [0.717, 1.165) is 17.0 Å². The van der Waals surface area contributed by atoms with E-state index in [4.69, 9.17) is 4.74 Å². The monoisotopic (exact) mass is 461 g/mol. The van der Waals surface area contributed by atoms with Crippen LogP contribution in [-0.2, 0) is 14.8 Å². The van der Waals surface area contributed by atoms with Crippen molar-refractivity contribution in [2.24, 2.45) is 0 Å². The number of nitrogens with zero attached hydrogens (tertiary/aromatic N) is 1. The quantitative estimate of drug-likeness (QED) is 0.564. The zero-order valence-corrected chi connectivity index (χ0v) is 19.9. The predicted octanol–water partition coefficient (Wildman–Crippen LogP) is 3.41. The summed E-state index contributed by atoms with van der Waals surface area (Å²) >= 11 is 0. The molecule has 9 heteroatoms. The number of carbonyl (C=O) groups is 2. The molecule has 0 bridgehead atoms. The highest BCUT2D eigenvalue weighted by Gasteiger charge is 2.22. The first-order chi connectivity index (χ1) is 15.1. The minimum Gasteiger partial charge on any atom is -0.481 e. The van der Waals surface area contributed by atoms with Gasteiger partial charge in [-0.05, 0) is 56.2 Å². The van der Waals surface area contributed by atoms with Gasteiger partial charge in [0.2, 0.25) is 10.0 Å². The van der Waals surface area contributed by atoms with Gasteiger partial charge in [-0.3, -0.25) is 13.9 Å². The molecule has 2 rings (SSSR count). The lowest BCUT2D eigenvalue weighted by atomic mass is 10.1. The normalized spacial score (nSPS) is 13.0. The Morgan fingerprint density at radius 3 is 2.22 bits per heavy atom. The van der Waals surface area contributed by atoms with Crippen LogP contribution in [0.2, 0.25) is 0 Å². The molecule has 0 aliphatic heterocycles. The average molecular weight is 462 g/mol. The number of hydrogen-bond acceptors (Lipinski definition) is 5. The van der Waals surface area contributed by atoms with E-state index in [-0.39, 0.29) is 17.9 Å². The van der Waals surface area contributed by atoms with Gasteiger partial charge in [-0.15, -0.1) is 0 Å². The fraction of sp³-hybridized carbons (Fsp3) is 0.391. The molecule has 2 atom stereocenters. The van der Waals surface area contributed by atoms with E-state index in [1.54, 1.807) is 48.5 Å². The van der Waals surface area contributed by atoms with Crippen molar-refractivity contribution < 1.29 is 22.7 Å². The zero-order valence-electron chi connectivity index (χ0n) is 19.1. The molecule has 174 valence electrons. The van der Waals surface area contributed by atoms with E-state index >= 15 is 0 Å². The second-order valence-corrected chi connectivity index (χ2v) is 9.57. The van der Waals surface area contributed by atoms with Crippen molar-refractivity contribution in [1.82, 2.24) is 5.32 Å². The molecule has 32 heavy (non-hydrogen) atoms. The molecule has 0 saturated heterocycles. The molecule has 2 N–H and O–H groups in total. The predicted molar refractivity (Wildman–Crippen MR) is 127 cm³/mol. The summed E-state index contributed by atoms with van der Waals surface area (Å²) in [5.41, 5.74) is 1.27. The Kier molecular flexibility index (Phi) is 8.65. The lowest BCUT2D eigenvalue weighted by Crippen LogP contribution is -2.35. The van der Waals surface area contributed by atoms with Crippen molar-refractivity contribution in [2.75, 3.05) is 22.9 Å². The van der Waals surface area contributed by atoms with Gasteiger partial charge < -0.3 is 15.4 Å². The number of benzene rings is 2. The zero-order chi connectivity index (χ0) is 23.9. The number of sulfonamides is 1. The molecule has 0 unspecified atom stereocenters. The van der Waals surface area contributed by atoms with Crippen LogP contribution in [0.5, 0.6) is 5.75 Å². The third-order valence-corrected chi connectivity index (χ3v) is 6.26. The number of anilines is 2. The van der Waals surface area contributed by atoms with Gasteiger partial charge in [0.1, 0.15) is 5.75 Å². The summed E-state index contributed by atoms with van der Waals surface area (Å²) in [5, 5.41) is 5.69.